The fraction of sp³-hybridized carbons (Fsp3) is 0.500. The van der Waals surface area contributed by atoms with Crippen LogP contribution in [0.15, 0.2) is 0 Å². The number of hydrogen-bond acceptors (Lipinski definition) is 1. The fourth-order valence-electron chi connectivity index (χ4n) is 0. The first-order valence-electron chi connectivity index (χ1n) is 1.41. The SMILES string of the molecule is CC(C)=O.[C-]#[S+]. The summed E-state index contributed by atoms with van der Waals surface area (Å²) >= 11 is 3.33. The minimum absolute atomic E-state index is 0.167. The maximum atomic E-state index is 9.44. The predicted molar refractivity (Wildman–Crippen MR) is 27.0 cm³/mol. The van der Waals surface area contributed by atoms with Crippen LogP contribution >= 0.6 is 0 Å². The number of hydrogen-bond donors (Lipinski definition) is 0. The van der Waals surface area contributed by atoms with E-state index in [-0.39, 0.29) is 5.78 Å². The normalized spacial score (nSPS) is 4.67. The van der Waals surface area contributed by atoms with Crippen LogP contribution in [0.1, 0.15) is 13.8 Å². The van der Waals surface area contributed by atoms with Crippen LogP contribution in [0.5, 0.6) is 0 Å². The van der Waals surface area contributed by atoms with E-state index in [1.807, 2.05) is 0 Å². The summed E-state index contributed by atoms with van der Waals surface area (Å²) in [5, 5.41) is 0. The molecule has 0 amide bonds. The van der Waals surface area contributed by atoms with E-state index in [1.165, 1.54) is 13.8 Å². The van der Waals surface area contributed by atoms with E-state index in [0.717, 1.165) is 0 Å². The first-order valence-corrected chi connectivity index (χ1v) is 1.82. The van der Waals surface area contributed by atoms with E-state index >= 15 is 0 Å². The molecule has 6 heavy (non-hydrogen) atoms. The molecule has 0 bridgehead atoms. The molecule has 0 spiro atoms. The van der Waals surface area contributed by atoms with Crippen LogP contribution in [-0.4, -0.2) is 5.78 Å². The molecule has 34 valence electrons. The molecule has 0 aliphatic heterocycles. The molecule has 0 radical (unpaired) electrons. The molecule has 0 saturated heterocycles. The molecule has 2 heteroatoms. The summed E-state index contributed by atoms with van der Waals surface area (Å²) in [6.07, 6.45) is 0. The third-order valence-electron chi connectivity index (χ3n) is 0. The van der Waals surface area contributed by atoms with Crippen molar-refractivity contribution in [1.82, 2.24) is 0 Å². The third-order valence-corrected chi connectivity index (χ3v) is 0. The standard InChI is InChI=1S/C3H6O.CS/c1-3(2)4;1-2/h1-2H3;. The van der Waals surface area contributed by atoms with Crippen molar-refractivity contribution in [2.45, 2.75) is 13.8 Å². The number of ketones is 1. The van der Waals surface area contributed by atoms with Crippen molar-refractivity contribution in [3.8, 4) is 0 Å². The summed E-state index contributed by atoms with van der Waals surface area (Å²) in [5.41, 5.74) is 5.33. The zero-order valence-corrected chi connectivity index (χ0v) is 4.63. The van der Waals surface area contributed by atoms with Crippen LogP contribution < -0.4 is 0 Å². The van der Waals surface area contributed by atoms with E-state index in [1.54, 1.807) is 0 Å². The second-order valence-electron chi connectivity index (χ2n) is 0.908. The van der Waals surface area contributed by atoms with E-state index in [2.05, 4.69) is 12.0 Å². The Kier molecular flexibility index (Phi) is 13.6. The average Bonchev–Trinajstić information content (AvgIpc) is 1.41. The van der Waals surface area contributed by atoms with Crippen LogP contribution in [0.2, 0.25) is 0 Å². The maximum absolute atomic E-state index is 9.44. The molecular formula is C4H6OS. The summed E-state index contributed by atoms with van der Waals surface area (Å²) in [4.78, 5) is 9.44. The van der Waals surface area contributed by atoms with Gasteiger partial charge in [-0.25, -0.2) is 0 Å². The zero-order valence-electron chi connectivity index (χ0n) is 3.82. The van der Waals surface area contributed by atoms with Crippen LogP contribution in [-0.2, 0) is 16.8 Å². The van der Waals surface area contributed by atoms with E-state index in [4.69, 9.17) is 5.69 Å². The van der Waals surface area contributed by atoms with Gasteiger partial charge in [-0.2, -0.15) is 0 Å². The summed E-state index contributed by atoms with van der Waals surface area (Å²) in [6, 6.07) is 0. The van der Waals surface area contributed by atoms with E-state index < -0.39 is 0 Å². The Morgan fingerprint density at radius 2 is 1.50 bits per heavy atom. The van der Waals surface area contributed by atoms with Gasteiger partial charge in [-0.15, -0.1) is 0 Å². The first-order chi connectivity index (χ1) is 2.73. The van der Waals surface area contributed by atoms with Gasteiger partial charge in [0.05, 0.1) is 0 Å². The molecule has 0 aromatic rings. The Bertz CT molecular complexity index is 51.8. The second-order valence-corrected chi connectivity index (χ2v) is 0.908. The van der Waals surface area contributed by atoms with Gasteiger partial charge in [-0.1, -0.05) is 0 Å². The topological polar surface area (TPSA) is 17.1 Å². The van der Waals surface area contributed by atoms with Gasteiger partial charge >= 0.3 is 17.7 Å². The van der Waals surface area contributed by atoms with Gasteiger partial charge in [0, 0.05) is 0 Å². The molecule has 0 saturated carbocycles. The number of rotatable bonds is 0. The van der Waals surface area contributed by atoms with E-state index in [9.17, 15) is 4.79 Å². The Labute approximate surface area is 43.0 Å². The van der Waals surface area contributed by atoms with Gasteiger partial charge in [0.2, 0.25) is 0 Å². The molecule has 0 aliphatic carbocycles. The monoisotopic (exact) mass is 102 g/mol. The van der Waals surface area contributed by atoms with Crippen LogP contribution in [0, 0.1) is 5.69 Å². The van der Waals surface area contributed by atoms with Gasteiger partial charge < -0.3 is 4.79 Å². The third kappa shape index (κ3) is 745. The number of carbonyl (C=O) groups excluding carboxylic acids is 1. The zero-order chi connectivity index (χ0) is 5.58. The molecule has 0 rings (SSSR count). The molecule has 0 fully saturated rings. The summed E-state index contributed by atoms with van der Waals surface area (Å²) in [5.74, 6) is 0.167. The predicted octanol–water partition coefficient (Wildman–Crippen LogP) is 0.674. The van der Waals surface area contributed by atoms with Gasteiger partial charge in [-0.05, 0) is 13.8 Å². The van der Waals surface area contributed by atoms with Gasteiger partial charge in [0.1, 0.15) is 5.78 Å². The summed E-state index contributed by atoms with van der Waals surface area (Å²) < 4.78 is 0. The quantitative estimate of drug-likeness (QED) is 0.324. The molecule has 0 aromatic carbocycles. The van der Waals surface area contributed by atoms with Crippen molar-refractivity contribution in [1.29, 1.82) is 0 Å². The Morgan fingerprint density at radius 1 is 1.50 bits per heavy atom. The number of carbonyl (C=O) groups is 1. The first kappa shape index (κ1) is 9.25. The van der Waals surface area contributed by atoms with Gasteiger partial charge in [0.25, 0.3) is 0 Å². The van der Waals surface area contributed by atoms with Crippen LogP contribution in [0.3, 0.4) is 0 Å². The van der Waals surface area contributed by atoms with Gasteiger partial charge in [-0.3, -0.25) is 0 Å². The Morgan fingerprint density at radius 3 is 1.50 bits per heavy atom. The molecule has 1 nitrogen and oxygen atoms in total. The van der Waals surface area contributed by atoms with Crippen molar-refractivity contribution in [2.24, 2.45) is 0 Å². The number of Topliss-reactive ketones (excluding diaryl/α,β-unsaturated/α-hetero) is 1. The van der Waals surface area contributed by atoms with Gasteiger partial charge in [0.15, 0.2) is 0 Å². The average molecular weight is 102 g/mol. The summed E-state index contributed by atoms with van der Waals surface area (Å²) in [7, 11) is 0. The molecule has 0 heterocycles. The fourth-order valence-corrected chi connectivity index (χ4v) is 0. The summed E-state index contributed by atoms with van der Waals surface area (Å²) in [6.45, 7) is 3.06. The molecule has 0 N–H and O–H groups in total. The van der Waals surface area contributed by atoms with Crippen molar-refractivity contribution in [2.75, 3.05) is 0 Å². The van der Waals surface area contributed by atoms with Crippen molar-refractivity contribution in [3.63, 3.8) is 0 Å². The Hall–Kier alpha value is -0.200. The molecule has 0 aromatic heterocycles. The van der Waals surface area contributed by atoms with Crippen LogP contribution in [0.4, 0.5) is 0 Å². The molecule has 0 unspecified atom stereocenters. The Balaban J connectivity index is 0. The van der Waals surface area contributed by atoms with Crippen molar-refractivity contribution >= 4 is 17.8 Å². The molecular weight excluding hydrogens is 96.1 g/mol. The molecule has 0 atom stereocenters. The van der Waals surface area contributed by atoms with Crippen molar-refractivity contribution in [3.05, 3.63) is 5.69 Å². The van der Waals surface area contributed by atoms with Crippen molar-refractivity contribution < 1.29 is 4.79 Å². The molecule has 0 aliphatic rings. The second kappa shape index (κ2) is 8.84. The van der Waals surface area contributed by atoms with Crippen LogP contribution in [0.25, 0.3) is 0 Å². The minimum atomic E-state index is 0.167. The van der Waals surface area contributed by atoms with E-state index in [0.29, 0.717) is 0 Å².